The molecule has 0 aliphatic rings. The van der Waals surface area contributed by atoms with Crippen LogP contribution in [0, 0.1) is 15.5 Å². The number of hydrogen-bond acceptors (Lipinski definition) is 5. The van der Waals surface area contributed by atoms with E-state index in [-0.39, 0.29) is 21.9 Å². The number of nitro groups is 1. The maximum Gasteiger partial charge on any atom is 0.324 e. The summed E-state index contributed by atoms with van der Waals surface area (Å²) < 4.78 is 0. The lowest BCUT2D eigenvalue weighted by Gasteiger charge is -2.24. The van der Waals surface area contributed by atoms with E-state index in [0.717, 1.165) is 24.3 Å². The molecule has 1 rings (SSSR count). The average Bonchev–Trinajstić information content (AvgIpc) is 2.75. The Balaban J connectivity index is 2.34. The first kappa shape index (κ1) is 15.1. The van der Waals surface area contributed by atoms with Crippen LogP contribution in [0.2, 0.25) is 0 Å². The molecule has 1 aromatic rings. The molecule has 6 heteroatoms. The van der Waals surface area contributed by atoms with Gasteiger partial charge in [0, 0.05) is 30.6 Å². The number of nitrogens with zero attached hydrogens (tertiary/aromatic N) is 1. The molecule has 0 fully saturated rings. The molecule has 1 aromatic heterocycles. The minimum Gasteiger partial charge on any atom is -0.396 e. The lowest BCUT2D eigenvalue weighted by Crippen LogP contribution is -2.29. The van der Waals surface area contributed by atoms with Gasteiger partial charge in [-0.25, -0.2) is 0 Å². The van der Waals surface area contributed by atoms with Crippen LogP contribution < -0.4 is 5.32 Å². The van der Waals surface area contributed by atoms with Crippen molar-refractivity contribution in [1.82, 2.24) is 5.32 Å². The standard InChI is InChI=1S/C12H20N2O3S/c1-12(2,6-3-7-15)9-13-8-10-4-5-11(18-10)14(16)17/h4-5,13,15H,3,6-9H2,1-2H3. The molecule has 0 saturated carbocycles. The summed E-state index contributed by atoms with van der Waals surface area (Å²) in [4.78, 5) is 11.1. The van der Waals surface area contributed by atoms with E-state index in [9.17, 15) is 10.1 Å². The van der Waals surface area contributed by atoms with E-state index in [4.69, 9.17) is 5.11 Å². The number of rotatable bonds is 8. The third-order valence-electron chi connectivity index (χ3n) is 2.74. The summed E-state index contributed by atoms with van der Waals surface area (Å²) in [6.45, 7) is 6.00. The van der Waals surface area contributed by atoms with E-state index in [2.05, 4.69) is 19.2 Å². The maximum absolute atomic E-state index is 10.5. The van der Waals surface area contributed by atoms with Crippen molar-refractivity contribution >= 4 is 16.3 Å². The zero-order valence-corrected chi connectivity index (χ0v) is 11.6. The number of aliphatic hydroxyl groups excluding tert-OH is 1. The van der Waals surface area contributed by atoms with Gasteiger partial charge in [-0.05, 0) is 24.3 Å². The lowest BCUT2D eigenvalue weighted by atomic mass is 9.88. The molecule has 0 bridgehead atoms. The maximum atomic E-state index is 10.5. The van der Waals surface area contributed by atoms with Crippen LogP contribution in [0.1, 0.15) is 31.6 Å². The molecule has 18 heavy (non-hydrogen) atoms. The molecule has 0 atom stereocenters. The van der Waals surface area contributed by atoms with Crippen LogP contribution >= 0.6 is 11.3 Å². The predicted molar refractivity (Wildman–Crippen MR) is 72.8 cm³/mol. The highest BCUT2D eigenvalue weighted by molar-refractivity contribution is 7.15. The van der Waals surface area contributed by atoms with Crippen molar-refractivity contribution in [2.24, 2.45) is 5.41 Å². The van der Waals surface area contributed by atoms with E-state index in [1.165, 1.54) is 11.3 Å². The largest absolute Gasteiger partial charge is 0.396 e. The monoisotopic (exact) mass is 272 g/mol. The van der Waals surface area contributed by atoms with Gasteiger partial charge >= 0.3 is 5.00 Å². The van der Waals surface area contributed by atoms with E-state index in [1.807, 2.05) is 0 Å². The first-order chi connectivity index (χ1) is 8.44. The smallest absolute Gasteiger partial charge is 0.324 e. The fourth-order valence-corrected chi connectivity index (χ4v) is 2.52. The molecule has 0 aliphatic heterocycles. The number of hydrogen-bond donors (Lipinski definition) is 2. The molecule has 0 unspecified atom stereocenters. The highest BCUT2D eigenvalue weighted by Crippen LogP contribution is 2.24. The Hall–Kier alpha value is -0.980. The minimum atomic E-state index is -0.362. The number of nitrogens with one attached hydrogen (secondary N) is 1. The summed E-state index contributed by atoms with van der Waals surface area (Å²) in [5, 5.41) is 22.8. The first-order valence-electron chi connectivity index (χ1n) is 5.99. The van der Waals surface area contributed by atoms with Gasteiger partial charge in [-0.3, -0.25) is 10.1 Å². The summed E-state index contributed by atoms with van der Waals surface area (Å²) in [5.41, 5.74) is 0.131. The molecule has 0 spiro atoms. The zero-order valence-electron chi connectivity index (χ0n) is 10.8. The molecule has 0 amide bonds. The molecule has 0 aliphatic carbocycles. The van der Waals surface area contributed by atoms with E-state index in [0.29, 0.717) is 6.54 Å². The molecule has 5 nitrogen and oxygen atoms in total. The molecule has 1 heterocycles. The highest BCUT2D eigenvalue weighted by Gasteiger charge is 2.17. The van der Waals surface area contributed by atoms with E-state index >= 15 is 0 Å². The van der Waals surface area contributed by atoms with Gasteiger partial charge in [0.2, 0.25) is 0 Å². The Morgan fingerprint density at radius 2 is 2.22 bits per heavy atom. The van der Waals surface area contributed by atoms with Gasteiger partial charge in [-0.1, -0.05) is 25.2 Å². The van der Waals surface area contributed by atoms with Crippen molar-refractivity contribution < 1.29 is 10.0 Å². The second kappa shape index (κ2) is 6.82. The molecule has 0 radical (unpaired) electrons. The summed E-state index contributed by atoms with van der Waals surface area (Å²) in [7, 11) is 0. The molecule has 102 valence electrons. The summed E-state index contributed by atoms with van der Waals surface area (Å²) in [6, 6.07) is 3.33. The van der Waals surface area contributed by atoms with Crippen molar-refractivity contribution in [2.75, 3.05) is 13.2 Å². The van der Waals surface area contributed by atoms with Crippen LogP contribution in [0.25, 0.3) is 0 Å². The number of aliphatic hydroxyl groups is 1. The van der Waals surface area contributed by atoms with Crippen molar-refractivity contribution in [3.63, 3.8) is 0 Å². The zero-order chi connectivity index (χ0) is 13.6. The fraction of sp³-hybridized carbons (Fsp3) is 0.667. The van der Waals surface area contributed by atoms with Crippen LogP contribution in [-0.4, -0.2) is 23.2 Å². The molecule has 0 aromatic carbocycles. The second-order valence-corrected chi connectivity index (χ2v) is 6.24. The Morgan fingerprint density at radius 3 is 2.78 bits per heavy atom. The van der Waals surface area contributed by atoms with Crippen LogP contribution in [0.5, 0.6) is 0 Å². The lowest BCUT2D eigenvalue weighted by molar-refractivity contribution is -0.380. The first-order valence-corrected chi connectivity index (χ1v) is 6.81. The van der Waals surface area contributed by atoms with Crippen molar-refractivity contribution in [3.8, 4) is 0 Å². The van der Waals surface area contributed by atoms with Crippen LogP contribution in [0.4, 0.5) is 5.00 Å². The van der Waals surface area contributed by atoms with E-state index < -0.39 is 0 Å². The van der Waals surface area contributed by atoms with Gasteiger partial charge in [0.15, 0.2) is 0 Å². The predicted octanol–water partition coefficient (Wildman–Crippen LogP) is 2.54. The molecular formula is C12H20N2O3S. The molecule has 0 saturated heterocycles. The second-order valence-electron chi connectivity index (χ2n) is 5.09. The van der Waals surface area contributed by atoms with Crippen molar-refractivity contribution in [3.05, 3.63) is 27.1 Å². The molecule has 2 N–H and O–H groups in total. The topological polar surface area (TPSA) is 75.4 Å². The van der Waals surface area contributed by atoms with Crippen molar-refractivity contribution in [2.45, 2.75) is 33.2 Å². The Labute approximate surface area is 111 Å². The Bertz CT molecular complexity index is 390. The normalized spacial score (nSPS) is 11.7. The average molecular weight is 272 g/mol. The van der Waals surface area contributed by atoms with Crippen LogP contribution in [0.3, 0.4) is 0 Å². The van der Waals surface area contributed by atoms with E-state index in [1.54, 1.807) is 12.1 Å². The van der Waals surface area contributed by atoms with Crippen molar-refractivity contribution in [1.29, 1.82) is 0 Å². The van der Waals surface area contributed by atoms with Gasteiger partial charge in [0.05, 0.1) is 4.92 Å². The SMILES string of the molecule is CC(C)(CCCO)CNCc1ccc([N+](=O)[O-])s1. The van der Waals surface area contributed by atoms with Gasteiger partial charge < -0.3 is 10.4 Å². The van der Waals surface area contributed by atoms with Crippen LogP contribution in [0.15, 0.2) is 12.1 Å². The van der Waals surface area contributed by atoms with Gasteiger partial charge in [-0.15, -0.1) is 0 Å². The quantitative estimate of drug-likeness (QED) is 0.563. The van der Waals surface area contributed by atoms with Gasteiger partial charge in [0.25, 0.3) is 0 Å². The third kappa shape index (κ3) is 5.12. The molecular weight excluding hydrogens is 252 g/mol. The summed E-state index contributed by atoms with van der Waals surface area (Å²) in [6.07, 6.45) is 1.76. The Kier molecular flexibility index (Phi) is 5.71. The minimum absolute atomic E-state index is 0.131. The Morgan fingerprint density at radius 1 is 1.50 bits per heavy atom. The third-order valence-corrected chi connectivity index (χ3v) is 3.78. The number of thiophene rings is 1. The fourth-order valence-electron chi connectivity index (χ4n) is 1.73. The summed E-state index contributed by atoms with van der Waals surface area (Å²) >= 11 is 1.21. The van der Waals surface area contributed by atoms with Crippen LogP contribution in [-0.2, 0) is 6.54 Å². The highest BCUT2D eigenvalue weighted by atomic mass is 32.1. The van der Waals surface area contributed by atoms with Gasteiger partial charge in [0.1, 0.15) is 0 Å². The van der Waals surface area contributed by atoms with Gasteiger partial charge in [-0.2, -0.15) is 0 Å². The summed E-state index contributed by atoms with van der Waals surface area (Å²) in [5.74, 6) is 0.